The summed E-state index contributed by atoms with van der Waals surface area (Å²) in [6, 6.07) is 5.97. The van der Waals surface area contributed by atoms with E-state index in [0.29, 0.717) is 40.7 Å². The number of likely N-dealkylation sites (tertiary alicyclic amines) is 1. The third-order valence-electron chi connectivity index (χ3n) is 6.41. The fourth-order valence-electron chi connectivity index (χ4n) is 4.21. The molecule has 1 aliphatic carbocycles. The van der Waals surface area contributed by atoms with Crippen molar-refractivity contribution in [1.29, 1.82) is 0 Å². The molecule has 1 amide bonds. The molecule has 2 fully saturated rings. The van der Waals surface area contributed by atoms with E-state index >= 15 is 0 Å². The molecule has 3 aromatic rings. The van der Waals surface area contributed by atoms with E-state index in [-0.39, 0.29) is 19.1 Å². The molecule has 0 bridgehead atoms. The van der Waals surface area contributed by atoms with Crippen LogP contribution >= 0.6 is 0 Å². The van der Waals surface area contributed by atoms with Gasteiger partial charge in [0.05, 0.1) is 17.2 Å². The molecule has 1 saturated heterocycles. The molecular formula is C25H20F4N4O2. The maximum absolute atomic E-state index is 13.3. The summed E-state index contributed by atoms with van der Waals surface area (Å²) in [6.07, 6.45) is -0.890. The van der Waals surface area contributed by atoms with Gasteiger partial charge in [0.1, 0.15) is 22.3 Å². The predicted octanol–water partition coefficient (Wildman–Crippen LogP) is 4.25. The number of halogens is 4. The van der Waals surface area contributed by atoms with Gasteiger partial charge in [0, 0.05) is 24.8 Å². The second-order valence-corrected chi connectivity index (χ2v) is 8.83. The van der Waals surface area contributed by atoms with Crippen molar-refractivity contribution in [1.82, 2.24) is 19.7 Å². The van der Waals surface area contributed by atoms with Crippen molar-refractivity contribution in [3.8, 4) is 23.1 Å². The first-order chi connectivity index (χ1) is 16.6. The molecule has 1 aromatic carbocycles. The number of aliphatic hydroxyl groups is 1. The Kier molecular flexibility index (Phi) is 5.40. The normalized spacial score (nSPS) is 17.3. The standard InChI is InChI=1S/C25H20F4N4O2/c1-15(26)23(34)32-13-19(14-32)33-22-17(7-11-24(35)9-2-10-24)8-12-30-21(22)20(31-33)16-3-5-18(6-4-16)25(27,28)29/h3-6,8,12,19,35H,1-2,9-10,13-14H2. The van der Waals surface area contributed by atoms with E-state index < -0.39 is 29.1 Å². The number of alkyl halides is 3. The zero-order valence-corrected chi connectivity index (χ0v) is 18.4. The van der Waals surface area contributed by atoms with Gasteiger partial charge in [0.15, 0.2) is 5.83 Å². The van der Waals surface area contributed by atoms with Gasteiger partial charge in [-0.3, -0.25) is 14.5 Å². The number of pyridine rings is 1. The number of hydrogen-bond acceptors (Lipinski definition) is 4. The smallest absolute Gasteiger partial charge is 0.378 e. The van der Waals surface area contributed by atoms with Crippen LogP contribution in [0.15, 0.2) is 48.9 Å². The first-order valence-electron chi connectivity index (χ1n) is 11.0. The van der Waals surface area contributed by atoms with Crippen LogP contribution in [0.5, 0.6) is 0 Å². The van der Waals surface area contributed by atoms with Gasteiger partial charge >= 0.3 is 6.18 Å². The zero-order chi connectivity index (χ0) is 25.0. The van der Waals surface area contributed by atoms with Gasteiger partial charge < -0.3 is 10.0 Å². The molecule has 1 N–H and O–H groups in total. The monoisotopic (exact) mass is 484 g/mol. The van der Waals surface area contributed by atoms with Gasteiger partial charge in [-0.15, -0.1) is 0 Å². The Hall–Kier alpha value is -3.71. The summed E-state index contributed by atoms with van der Waals surface area (Å²) in [5, 5.41) is 15.1. The third kappa shape index (κ3) is 4.17. The summed E-state index contributed by atoms with van der Waals surface area (Å²) < 4.78 is 54.0. The maximum Gasteiger partial charge on any atom is 0.416 e. The van der Waals surface area contributed by atoms with Crippen molar-refractivity contribution < 1.29 is 27.5 Å². The van der Waals surface area contributed by atoms with Crippen molar-refractivity contribution in [3.63, 3.8) is 0 Å². The maximum atomic E-state index is 13.3. The number of fused-ring (bicyclic) bond motifs is 1. The van der Waals surface area contributed by atoms with Gasteiger partial charge in [0.25, 0.3) is 5.91 Å². The largest absolute Gasteiger partial charge is 0.416 e. The Labute approximate surface area is 197 Å². The highest BCUT2D eigenvalue weighted by Gasteiger charge is 2.36. The average molecular weight is 484 g/mol. The number of rotatable bonds is 3. The number of hydrogen-bond donors (Lipinski definition) is 1. The molecule has 2 aliphatic rings. The number of aromatic nitrogens is 3. The van der Waals surface area contributed by atoms with Crippen LogP contribution in [0, 0.1) is 11.8 Å². The average Bonchev–Trinajstić information content (AvgIpc) is 3.14. The Bertz CT molecular complexity index is 1390. The Morgan fingerprint density at radius 2 is 1.86 bits per heavy atom. The molecule has 6 nitrogen and oxygen atoms in total. The second-order valence-electron chi connectivity index (χ2n) is 8.83. The van der Waals surface area contributed by atoms with Crippen LogP contribution in [-0.2, 0) is 11.0 Å². The molecule has 5 rings (SSSR count). The zero-order valence-electron chi connectivity index (χ0n) is 18.4. The van der Waals surface area contributed by atoms with Gasteiger partial charge in [-0.05, 0) is 37.5 Å². The van der Waals surface area contributed by atoms with E-state index in [1.807, 2.05) is 0 Å². The Morgan fingerprint density at radius 1 is 1.17 bits per heavy atom. The summed E-state index contributed by atoms with van der Waals surface area (Å²) in [5.74, 6) is 4.07. The lowest BCUT2D eigenvalue weighted by Crippen LogP contribution is -2.51. The topological polar surface area (TPSA) is 71.2 Å². The number of benzene rings is 1. The minimum Gasteiger partial charge on any atom is -0.378 e. The fraction of sp³-hybridized carbons (Fsp3) is 0.320. The van der Waals surface area contributed by atoms with Crippen molar-refractivity contribution in [2.24, 2.45) is 0 Å². The minimum atomic E-state index is -4.47. The molecule has 10 heteroatoms. The number of nitrogens with zero attached hydrogens (tertiary/aromatic N) is 4. The first-order valence-corrected chi connectivity index (χ1v) is 11.0. The van der Waals surface area contributed by atoms with Crippen LogP contribution < -0.4 is 0 Å². The SMILES string of the molecule is C=C(F)C(=O)N1CC(n2nc(-c3ccc(C(F)(F)F)cc3)c3nccc(C#CC4(O)CCC4)c32)C1. The molecule has 35 heavy (non-hydrogen) atoms. The molecule has 3 heterocycles. The molecule has 0 atom stereocenters. The summed E-state index contributed by atoms with van der Waals surface area (Å²) >= 11 is 0. The lowest BCUT2D eigenvalue weighted by Gasteiger charge is -2.39. The molecule has 2 aromatic heterocycles. The van der Waals surface area contributed by atoms with Crippen molar-refractivity contribution in [2.75, 3.05) is 13.1 Å². The summed E-state index contributed by atoms with van der Waals surface area (Å²) in [4.78, 5) is 17.6. The van der Waals surface area contributed by atoms with Gasteiger partial charge in [-0.2, -0.15) is 18.3 Å². The van der Waals surface area contributed by atoms with E-state index in [4.69, 9.17) is 0 Å². The highest BCUT2D eigenvalue weighted by atomic mass is 19.4. The van der Waals surface area contributed by atoms with Gasteiger partial charge in [-0.25, -0.2) is 4.39 Å². The second kappa shape index (κ2) is 8.20. The van der Waals surface area contributed by atoms with E-state index in [1.54, 1.807) is 10.7 Å². The van der Waals surface area contributed by atoms with E-state index in [2.05, 4.69) is 28.5 Å². The molecule has 180 valence electrons. The quantitative estimate of drug-likeness (QED) is 0.343. The van der Waals surface area contributed by atoms with Crippen LogP contribution in [0.1, 0.15) is 36.4 Å². The first kappa shape index (κ1) is 23.1. The van der Waals surface area contributed by atoms with E-state index in [9.17, 15) is 27.5 Å². The third-order valence-corrected chi connectivity index (χ3v) is 6.41. The number of carbonyl (C=O) groups excluding carboxylic acids is 1. The van der Waals surface area contributed by atoms with Gasteiger partial charge in [0.2, 0.25) is 0 Å². The summed E-state index contributed by atoms with van der Waals surface area (Å²) in [6.45, 7) is 3.39. The molecule has 0 unspecified atom stereocenters. The predicted molar refractivity (Wildman–Crippen MR) is 120 cm³/mol. The molecule has 1 aliphatic heterocycles. The highest BCUT2D eigenvalue weighted by molar-refractivity contribution is 5.94. The number of carbonyl (C=O) groups is 1. The van der Waals surface area contributed by atoms with Crippen LogP contribution in [0.3, 0.4) is 0 Å². The lowest BCUT2D eigenvalue weighted by molar-refractivity contribution is -0.137. The van der Waals surface area contributed by atoms with Crippen molar-refractivity contribution >= 4 is 16.9 Å². The van der Waals surface area contributed by atoms with Crippen LogP contribution in [-0.4, -0.2) is 49.4 Å². The Morgan fingerprint density at radius 3 is 2.43 bits per heavy atom. The number of amides is 1. The van der Waals surface area contributed by atoms with Crippen molar-refractivity contribution in [3.05, 3.63) is 60.1 Å². The highest BCUT2D eigenvalue weighted by Crippen LogP contribution is 2.36. The van der Waals surface area contributed by atoms with Crippen LogP contribution in [0.25, 0.3) is 22.3 Å². The van der Waals surface area contributed by atoms with Crippen LogP contribution in [0.4, 0.5) is 17.6 Å². The Balaban J connectivity index is 1.59. The lowest BCUT2D eigenvalue weighted by atomic mass is 9.81. The fourth-order valence-corrected chi connectivity index (χ4v) is 4.21. The summed E-state index contributed by atoms with van der Waals surface area (Å²) in [5.41, 5.74) is 0.475. The van der Waals surface area contributed by atoms with E-state index in [1.165, 1.54) is 23.2 Å². The molecule has 1 saturated carbocycles. The van der Waals surface area contributed by atoms with Gasteiger partial charge in [-0.1, -0.05) is 30.6 Å². The summed E-state index contributed by atoms with van der Waals surface area (Å²) in [7, 11) is 0. The molecule has 0 radical (unpaired) electrons. The minimum absolute atomic E-state index is 0.177. The van der Waals surface area contributed by atoms with Crippen molar-refractivity contribution in [2.45, 2.75) is 37.1 Å². The molecular weight excluding hydrogens is 464 g/mol. The van der Waals surface area contributed by atoms with E-state index in [0.717, 1.165) is 18.6 Å². The van der Waals surface area contributed by atoms with Crippen LogP contribution in [0.2, 0.25) is 0 Å². The molecule has 0 spiro atoms.